The lowest BCUT2D eigenvalue weighted by Gasteiger charge is -2.70. The van der Waals surface area contributed by atoms with Gasteiger partial charge in [0.1, 0.15) is 0 Å². The van der Waals surface area contributed by atoms with Crippen LogP contribution in [0.25, 0.3) is 0 Å². The fourth-order valence-corrected chi connectivity index (χ4v) is 10.3. The molecule has 0 bridgehead atoms. The molecule has 4 saturated carbocycles. The lowest BCUT2D eigenvalue weighted by Crippen LogP contribution is -2.66. The maximum atomic E-state index is 11.8. The van der Waals surface area contributed by atoms with Gasteiger partial charge in [-0.1, -0.05) is 46.3 Å². The van der Waals surface area contributed by atoms with Crippen LogP contribution in [0.15, 0.2) is 11.6 Å². The molecule has 0 aromatic carbocycles. The Labute approximate surface area is 203 Å². The third kappa shape index (κ3) is 3.61. The van der Waals surface area contributed by atoms with Crippen molar-refractivity contribution in [1.29, 1.82) is 0 Å². The molecule has 10 atom stereocenters. The van der Waals surface area contributed by atoms with Crippen molar-refractivity contribution in [2.24, 2.45) is 45.3 Å². The summed E-state index contributed by atoms with van der Waals surface area (Å²) in [7, 11) is 0. The first-order valence-electron chi connectivity index (χ1n) is 13.8. The predicted octanol–water partition coefficient (Wildman–Crippen LogP) is 6.50. The Morgan fingerprint density at radius 1 is 0.909 bits per heavy atom. The molecule has 3 nitrogen and oxygen atoms in total. The van der Waals surface area contributed by atoms with E-state index in [4.69, 9.17) is 0 Å². The van der Waals surface area contributed by atoms with Crippen molar-refractivity contribution in [1.82, 2.24) is 0 Å². The van der Waals surface area contributed by atoms with Gasteiger partial charge in [0.15, 0.2) is 0 Å². The first kappa shape index (κ1) is 25.7. The number of aliphatic hydroxyl groups is 3. The SMILES string of the molecule is CC(C)=CCC[C@](C)(O)C1CC[C@]2(C)C1C(O)CC1[C@@]3(C)CC[C@@H](O)C(C)(C)C3CC[C@]12C. The first-order valence-corrected chi connectivity index (χ1v) is 13.8. The van der Waals surface area contributed by atoms with Crippen molar-refractivity contribution in [2.45, 2.75) is 131 Å². The lowest BCUT2D eigenvalue weighted by molar-refractivity contribution is -0.246. The van der Waals surface area contributed by atoms with Crippen molar-refractivity contribution in [3.05, 3.63) is 11.6 Å². The molecule has 0 aromatic rings. The summed E-state index contributed by atoms with van der Waals surface area (Å²) < 4.78 is 0. The lowest BCUT2D eigenvalue weighted by atomic mass is 9.35. The van der Waals surface area contributed by atoms with Gasteiger partial charge in [-0.25, -0.2) is 0 Å². The molecule has 3 N–H and O–H groups in total. The van der Waals surface area contributed by atoms with Gasteiger partial charge in [-0.05, 0) is 124 Å². The minimum absolute atomic E-state index is 0.0503. The number of fused-ring (bicyclic) bond motifs is 5. The standard InChI is InChI=1S/C30H52O3/c1-19(2)10-9-14-30(8,33)20-11-16-29(7)25(20)21(31)18-23-27(5)15-13-24(32)26(3,4)22(27)12-17-28(23,29)6/h10,20-25,31-33H,9,11-18H2,1-8H3/t20?,21?,22?,23?,24-,25?,27+,28-,29-,30+/m1/s1. The van der Waals surface area contributed by atoms with E-state index < -0.39 is 5.60 Å². The van der Waals surface area contributed by atoms with Gasteiger partial charge >= 0.3 is 0 Å². The van der Waals surface area contributed by atoms with E-state index >= 15 is 0 Å². The highest BCUT2D eigenvalue weighted by molar-refractivity contribution is 5.20. The predicted molar refractivity (Wildman–Crippen MR) is 136 cm³/mol. The van der Waals surface area contributed by atoms with Crippen LogP contribution in [0.1, 0.15) is 113 Å². The van der Waals surface area contributed by atoms with Crippen LogP contribution in [0.2, 0.25) is 0 Å². The highest BCUT2D eigenvalue weighted by Crippen LogP contribution is 2.75. The van der Waals surface area contributed by atoms with Crippen molar-refractivity contribution in [2.75, 3.05) is 0 Å². The average Bonchev–Trinajstić information content (AvgIpc) is 3.08. The van der Waals surface area contributed by atoms with Gasteiger partial charge in [0.25, 0.3) is 0 Å². The Hall–Kier alpha value is -0.380. The van der Waals surface area contributed by atoms with Crippen LogP contribution < -0.4 is 0 Å². The number of aliphatic hydroxyl groups excluding tert-OH is 2. The van der Waals surface area contributed by atoms with Gasteiger partial charge in [0.05, 0.1) is 17.8 Å². The topological polar surface area (TPSA) is 60.7 Å². The normalized spacial score (nSPS) is 50.5. The third-order valence-corrected chi connectivity index (χ3v) is 12.4. The second kappa shape index (κ2) is 8.07. The van der Waals surface area contributed by atoms with E-state index in [0.717, 1.165) is 44.9 Å². The van der Waals surface area contributed by atoms with Gasteiger partial charge in [-0.3, -0.25) is 0 Å². The fourth-order valence-electron chi connectivity index (χ4n) is 10.3. The summed E-state index contributed by atoms with van der Waals surface area (Å²) >= 11 is 0. The molecular formula is C30H52O3. The minimum atomic E-state index is -0.739. The van der Waals surface area contributed by atoms with E-state index in [-0.39, 0.29) is 45.7 Å². The molecule has 4 aliphatic carbocycles. The van der Waals surface area contributed by atoms with Gasteiger partial charge in [-0.15, -0.1) is 0 Å². The van der Waals surface area contributed by atoms with Gasteiger partial charge in [0, 0.05) is 0 Å². The van der Waals surface area contributed by atoms with E-state index in [2.05, 4.69) is 54.5 Å². The number of hydrogen-bond acceptors (Lipinski definition) is 3. The van der Waals surface area contributed by atoms with Crippen LogP contribution in [0.3, 0.4) is 0 Å². The first-order chi connectivity index (χ1) is 15.1. The maximum Gasteiger partial charge on any atom is 0.0654 e. The van der Waals surface area contributed by atoms with E-state index in [9.17, 15) is 15.3 Å². The van der Waals surface area contributed by atoms with Crippen molar-refractivity contribution < 1.29 is 15.3 Å². The summed E-state index contributed by atoms with van der Waals surface area (Å²) in [5.41, 5.74) is 0.885. The molecule has 4 rings (SSSR count). The monoisotopic (exact) mass is 460 g/mol. The molecule has 0 radical (unpaired) electrons. The summed E-state index contributed by atoms with van der Waals surface area (Å²) in [4.78, 5) is 0. The zero-order valence-electron chi connectivity index (χ0n) is 22.7. The molecule has 0 aromatic heterocycles. The van der Waals surface area contributed by atoms with Gasteiger partial charge in [-0.2, -0.15) is 0 Å². The van der Waals surface area contributed by atoms with E-state index in [1.54, 1.807) is 0 Å². The molecule has 4 aliphatic rings. The number of rotatable bonds is 4. The summed E-state index contributed by atoms with van der Waals surface area (Å²) in [6.07, 6.45) is 10.6. The molecular weight excluding hydrogens is 408 g/mol. The second-order valence-electron chi connectivity index (χ2n) is 14.5. The molecule has 190 valence electrons. The molecule has 0 aliphatic heterocycles. The van der Waals surface area contributed by atoms with Crippen LogP contribution >= 0.6 is 0 Å². The second-order valence-corrected chi connectivity index (χ2v) is 14.5. The highest BCUT2D eigenvalue weighted by atomic mass is 16.3. The smallest absolute Gasteiger partial charge is 0.0654 e. The van der Waals surface area contributed by atoms with Crippen LogP contribution in [-0.4, -0.2) is 33.1 Å². The third-order valence-electron chi connectivity index (χ3n) is 12.4. The Morgan fingerprint density at radius 3 is 2.18 bits per heavy atom. The van der Waals surface area contributed by atoms with Crippen molar-refractivity contribution in [3.8, 4) is 0 Å². The van der Waals surface area contributed by atoms with Crippen LogP contribution in [-0.2, 0) is 0 Å². The summed E-state index contributed by atoms with van der Waals surface area (Å²) in [6.45, 7) is 18.3. The van der Waals surface area contributed by atoms with Crippen LogP contribution in [0.5, 0.6) is 0 Å². The van der Waals surface area contributed by atoms with Gasteiger partial charge in [0.2, 0.25) is 0 Å². The fraction of sp³-hybridized carbons (Fsp3) is 0.933. The summed E-state index contributed by atoms with van der Waals surface area (Å²) in [5, 5.41) is 34.3. The van der Waals surface area contributed by atoms with E-state index in [1.165, 1.54) is 18.4 Å². The average molecular weight is 461 g/mol. The number of allylic oxidation sites excluding steroid dienone is 2. The Morgan fingerprint density at radius 2 is 1.55 bits per heavy atom. The Kier molecular flexibility index (Phi) is 6.28. The van der Waals surface area contributed by atoms with Crippen molar-refractivity contribution in [3.63, 3.8) is 0 Å². The van der Waals surface area contributed by atoms with Crippen LogP contribution in [0.4, 0.5) is 0 Å². The molecule has 33 heavy (non-hydrogen) atoms. The zero-order chi connectivity index (χ0) is 24.6. The highest BCUT2D eigenvalue weighted by Gasteiger charge is 2.71. The quantitative estimate of drug-likeness (QED) is 0.420. The Bertz CT molecular complexity index is 779. The number of hydrogen-bond donors (Lipinski definition) is 3. The van der Waals surface area contributed by atoms with Crippen molar-refractivity contribution >= 4 is 0 Å². The molecule has 0 amide bonds. The summed E-state index contributed by atoms with van der Waals surface area (Å²) in [6, 6.07) is 0. The molecule has 0 heterocycles. The molecule has 0 saturated heterocycles. The zero-order valence-corrected chi connectivity index (χ0v) is 22.7. The Balaban J connectivity index is 1.66. The molecule has 5 unspecified atom stereocenters. The minimum Gasteiger partial charge on any atom is -0.393 e. The molecule has 4 fully saturated rings. The molecule has 3 heteroatoms. The van der Waals surface area contributed by atoms with E-state index in [0.29, 0.717) is 11.8 Å². The summed E-state index contributed by atoms with van der Waals surface area (Å²) in [5.74, 6) is 1.31. The van der Waals surface area contributed by atoms with Crippen LogP contribution in [0, 0.1) is 45.3 Å². The van der Waals surface area contributed by atoms with Gasteiger partial charge < -0.3 is 15.3 Å². The largest absolute Gasteiger partial charge is 0.393 e. The molecule has 0 spiro atoms. The maximum absolute atomic E-state index is 11.8. The van der Waals surface area contributed by atoms with E-state index in [1.807, 2.05) is 6.92 Å².